The maximum absolute atomic E-state index is 14.6. The molecular formula is C34H25NO3. The second kappa shape index (κ2) is 8.22. The van der Waals surface area contributed by atoms with Crippen molar-refractivity contribution in [2.45, 2.75) is 24.9 Å². The minimum Gasteiger partial charge on any atom is -0.352 e. The largest absolute Gasteiger partial charge is 0.352 e. The van der Waals surface area contributed by atoms with Gasteiger partial charge in [0.1, 0.15) is 11.5 Å². The van der Waals surface area contributed by atoms with Crippen LogP contribution in [0.25, 0.3) is 6.08 Å². The number of aryl methyl sites for hydroxylation is 1. The van der Waals surface area contributed by atoms with Crippen molar-refractivity contribution in [3.05, 3.63) is 143 Å². The van der Waals surface area contributed by atoms with E-state index in [0.717, 1.165) is 22.4 Å². The van der Waals surface area contributed by atoms with E-state index in [1.807, 2.05) is 91.9 Å². The Labute approximate surface area is 221 Å². The highest BCUT2D eigenvalue weighted by molar-refractivity contribution is 6.32. The van der Waals surface area contributed by atoms with Crippen LogP contribution in [0.2, 0.25) is 0 Å². The number of benzene rings is 4. The summed E-state index contributed by atoms with van der Waals surface area (Å²) in [5.74, 6) is -1.18. The first-order valence-electron chi connectivity index (χ1n) is 12.9. The monoisotopic (exact) mass is 495 g/mol. The van der Waals surface area contributed by atoms with Crippen molar-refractivity contribution in [2.24, 2.45) is 5.41 Å². The molecule has 3 atom stereocenters. The number of rotatable bonds is 3. The van der Waals surface area contributed by atoms with E-state index in [2.05, 4.69) is 11.0 Å². The van der Waals surface area contributed by atoms with Gasteiger partial charge in [-0.05, 0) is 29.7 Å². The maximum Gasteiger partial charge on any atom is 0.185 e. The van der Waals surface area contributed by atoms with Gasteiger partial charge in [-0.25, -0.2) is 0 Å². The molecule has 1 saturated heterocycles. The summed E-state index contributed by atoms with van der Waals surface area (Å²) >= 11 is 0. The van der Waals surface area contributed by atoms with Crippen molar-refractivity contribution in [1.29, 1.82) is 0 Å². The molecule has 1 fully saturated rings. The summed E-state index contributed by atoms with van der Waals surface area (Å²) in [5.41, 5.74) is 3.69. The van der Waals surface area contributed by atoms with Crippen molar-refractivity contribution in [2.75, 3.05) is 4.90 Å². The SMILES string of the molecule is Cc1ccc2c(c1)N1C(C(=O)c3ccccc3)C(c3ccccc3)C3(C(=O)c4ccccc4C3=O)C1C=C2. The molecule has 1 aliphatic carbocycles. The molecule has 0 aromatic heterocycles. The number of hydrogen-bond acceptors (Lipinski definition) is 4. The van der Waals surface area contributed by atoms with Crippen LogP contribution in [-0.4, -0.2) is 29.4 Å². The summed E-state index contributed by atoms with van der Waals surface area (Å²) in [7, 11) is 0. The smallest absolute Gasteiger partial charge is 0.185 e. The molecule has 3 aliphatic rings. The lowest BCUT2D eigenvalue weighted by Gasteiger charge is -2.37. The quantitative estimate of drug-likeness (QED) is 0.247. The lowest BCUT2D eigenvalue weighted by Crippen LogP contribution is -2.48. The van der Waals surface area contributed by atoms with Gasteiger partial charge >= 0.3 is 0 Å². The average molecular weight is 496 g/mol. The van der Waals surface area contributed by atoms with E-state index in [4.69, 9.17) is 0 Å². The number of carbonyl (C=O) groups is 3. The molecule has 0 bridgehead atoms. The highest BCUT2D eigenvalue weighted by Crippen LogP contribution is 2.61. The number of nitrogens with zero attached hydrogens (tertiary/aromatic N) is 1. The van der Waals surface area contributed by atoms with Gasteiger partial charge in [0.25, 0.3) is 0 Å². The predicted octanol–water partition coefficient (Wildman–Crippen LogP) is 6.31. The molecule has 184 valence electrons. The van der Waals surface area contributed by atoms with Gasteiger partial charge in [0.2, 0.25) is 0 Å². The van der Waals surface area contributed by atoms with Crippen molar-refractivity contribution in [3.8, 4) is 0 Å². The average Bonchev–Trinajstić information content (AvgIpc) is 3.40. The second-order valence-electron chi connectivity index (χ2n) is 10.4. The molecule has 4 nitrogen and oxygen atoms in total. The van der Waals surface area contributed by atoms with Crippen LogP contribution in [0.15, 0.2) is 109 Å². The molecule has 2 aliphatic heterocycles. The van der Waals surface area contributed by atoms with E-state index in [-0.39, 0.29) is 17.3 Å². The Kier molecular flexibility index (Phi) is 4.89. The Morgan fingerprint density at radius 2 is 1.37 bits per heavy atom. The maximum atomic E-state index is 14.6. The van der Waals surface area contributed by atoms with Gasteiger partial charge in [-0.1, -0.05) is 109 Å². The summed E-state index contributed by atoms with van der Waals surface area (Å²) in [4.78, 5) is 45.7. The van der Waals surface area contributed by atoms with E-state index in [0.29, 0.717) is 16.7 Å². The van der Waals surface area contributed by atoms with Crippen LogP contribution in [0.5, 0.6) is 0 Å². The van der Waals surface area contributed by atoms with Crippen LogP contribution in [0, 0.1) is 12.3 Å². The third kappa shape index (κ3) is 2.89. The van der Waals surface area contributed by atoms with Crippen LogP contribution in [-0.2, 0) is 0 Å². The molecular weight excluding hydrogens is 470 g/mol. The molecule has 0 N–H and O–H groups in total. The molecule has 38 heavy (non-hydrogen) atoms. The summed E-state index contributed by atoms with van der Waals surface area (Å²) < 4.78 is 0. The third-order valence-corrected chi connectivity index (χ3v) is 8.45. The van der Waals surface area contributed by atoms with Gasteiger partial charge in [0.15, 0.2) is 17.3 Å². The summed E-state index contributed by atoms with van der Waals surface area (Å²) in [6, 6.07) is 30.7. The van der Waals surface area contributed by atoms with E-state index < -0.39 is 23.4 Å². The molecule has 3 unspecified atom stereocenters. The minimum absolute atomic E-state index is 0.0966. The fourth-order valence-electron chi connectivity index (χ4n) is 6.88. The fraction of sp³-hybridized carbons (Fsp3) is 0.147. The summed E-state index contributed by atoms with van der Waals surface area (Å²) in [5, 5.41) is 0. The lowest BCUT2D eigenvalue weighted by atomic mass is 9.64. The van der Waals surface area contributed by atoms with Gasteiger partial charge < -0.3 is 4.90 Å². The highest BCUT2D eigenvalue weighted by atomic mass is 16.2. The minimum atomic E-state index is -1.46. The van der Waals surface area contributed by atoms with E-state index in [1.54, 1.807) is 24.3 Å². The van der Waals surface area contributed by atoms with Crippen LogP contribution in [0.1, 0.15) is 53.7 Å². The molecule has 4 heteroatoms. The van der Waals surface area contributed by atoms with Gasteiger partial charge in [-0.15, -0.1) is 0 Å². The molecule has 0 radical (unpaired) electrons. The fourth-order valence-corrected chi connectivity index (χ4v) is 6.88. The van der Waals surface area contributed by atoms with E-state index in [1.165, 1.54) is 0 Å². The number of Topliss-reactive ketones (excluding diaryl/α,β-unsaturated/α-hetero) is 3. The Balaban J connectivity index is 1.56. The number of fused-ring (bicyclic) bond motifs is 5. The molecule has 0 amide bonds. The first kappa shape index (κ1) is 22.6. The molecule has 2 heterocycles. The Morgan fingerprint density at radius 1 is 0.763 bits per heavy atom. The van der Waals surface area contributed by atoms with E-state index in [9.17, 15) is 14.4 Å². The van der Waals surface area contributed by atoms with Crippen LogP contribution >= 0.6 is 0 Å². The van der Waals surface area contributed by atoms with E-state index >= 15 is 0 Å². The molecule has 4 aromatic carbocycles. The van der Waals surface area contributed by atoms with Crippen molar-refractivity contribution in [1.82, 2.24) is 0 Å². The zero-order valence-electron chi connectivity index (χ0n) is 20.9. The molecule has 1 spiro atoms. The van der Waals surface area contributed by atoms with Gasteiger partial charge in [-0.2, -0.15) is 0 Å². The predicted molar refractivity (Wildman–Crippen MR) is 148 cm³/mol. The van der Waals surface area contributed by atoms with Crippen molar-refractivity contribution >= 4 is 29.1 Å². The topological polar surface area (TPSA) is 54.5 Å². The standard InChI is InChI=1S/C34H25NO3/c1-21-16-17-22-18-19-28-34(32(37)25-14-8-9-15-26(25)33(34)38)29(23-10-4-2-5-11-23)30(35(28)27(22)20-21)31(36)24-12-6-3-7-13-24/h2-20,28-30H,1H3. The second-order valence-corrected chi connectivity index (χ2v) is 10.4. The zero-order chi connectivity index (χ0) is 26.0. The van der Waals surface area contributed by atoms with Crippen molar-refractivity contribution < 1.29 is 14.4 Å². The van der Waals surface area contributed by atoms with Gasteiger partial charge in [0.05, 0.1) is 6.04 Å². The first-order valence-corrected chi connectivity index (χ1v) is 12.9. The number of hydrogen-bond donors (Lipinski definition) is 0. The Bertz CT molecular complexity index is 1620. The van der Waals surface area contributed by atoms with Gasteiger partial charge in [0, 0.05) is 28.3 Å². The summed E-state index contributed by atoms with van der Waals surface area (Å²) in [6.45, 7) is 2.02. The molecule has 4 aromatic rings. The first-order chi connectivity index (χ1) is 18.5. The summed E-state index contributed by atoms with van der Waals surface area (Å²) in [6.07, 6.45) is 3.96. The number of anilines is 1. The van der Waals surface area contributed by atoms with Crippen molar-refractivity contribution in [3.63, 3.8) is 0 Å². The normalized spacial score (nSPS) is 22.3. The van der Waals surface area contributed by atoms with Crippen LogP contribution in [0.4, 0.5) is 5.69 Å². The zero-order valence-corrected chi connectivity index (χ0v) is 20.9. The number of ketones is 3. The lowest BCUT2D eigenvalue weighted by molar-refractivity contribution is 0.0666. The van der Waals surface area contributed by atoms with Crippen LogP contribution in [0.3, 0.4) is 0 Å². The molecule has 7 rings (SSSR count). The molecule has 0 saturated carbocycles. The van der Waals surface area contributed by atoms with Gasteiger partial charge in [-0.3, -0.25) is 14.4 Å². The third-order valence-electron chi connectivity index (χ3n) is 8.45. The Hall–Kier alpha value is -4.57. The Morgan fingerprint density at radius 3 is 2.03 bits per heavy atom. The number of carbonyl (C=O) groups excluding carboxylic acids is 3. The highest BCUT2D eigenvalue weighted by Gasteiger charge is 2.71. The van der Waals surface area contributed by atoms with Crippen LogP contribution < -0.4 is 4.90 Å².